The molecule has 5 nitrogen and oxygen atoms in total. The number of rotatable bonds is 3. The monoisotopic (exact) mass is 284 g/mol. The zero-order chi connectivity index (χ0) is 14.8. The molecule has 1 aliphatic rings. The zero-order valence-electron chi connectivity index (χ0n) is 12.7. The van der Waals surface area contributed by atoms with Crippen molar-refractivity contribution in [2.45, 2.75) is 19.9 Å². The van der Waals surface area contributed by atoms with E-state index in [0.29, 0.717) is 0 Å². The van der Waals surface area contributed by atoms with Gasteiger partial charge in [-0.05, 0) is 36.6 Å². The van der Waals surface area contributed by atoms with Crippen LogP contribution in [-0.2, 0) is 13.0 Å². The molecule has 0 amide bonds. The summed E-state index contributed by atoms with van der Waals surface area (Å²) in [6.07, 6.45) is 1.00. The van der Waals surface area contributed by atoms with E-state index < -0.39 is 0 Å². The summed E-state index contributed by atoms with van der Waals surface area (Å²) < 4.78 is 5.30. The van der Waals surface area contributed by atoms with E-state index in [1.165, 1.54) is 11.1 Å². The van der Waals surface area contributed by atoms with Gasteiger partial charge in [0.1, 0.15) is 23.2 Å². The molecule has 0 saturated carbocycles. The lowest BCUT2D eigenvalue weighted by Crippen LogP contribution is -2.31. The number of methoxy groups -OCH3 is 1. The van der Waals surface area contributed by atoms with Gasteiger partial charge in [-0.2, -0.15) is 0 Å². The van der Waals surface area contributed by atoms with Crippen LogP contribution in [0, 0.1) is 6.92 Å². The lowest BCUT2D eigenvalue weighted by Gasteiger charge is -2.30. The van der Waals surface area contributed by atoms with Gasteiger partial charge in [0.05, 0.1) is 7.11 Å². The summed E-state index contributed by atoms with van der Waals surface area (Å²) in [6.45, 7) is 3.76. The molecule has 1 N–H and O–H groups in total. The maximum absolute atomic E-state index is 5.30. The fourth-order valence-electron chi connectivity index (χ4n) is 2.69. The molecule has 1 aliphatic heterocycles. The van der Waals surface area contributed by atoms with Crippen molar-refractivity contribution in [2.24, 2.45) is 0 Å². The van der Waals surface area contributed by atoms with E-state index >= 15 is 0 Å². The van der Waals surface area contributed by atoms with Crippen LogP contribution < -0.4 is 15.0 Å². The molecule has 2 heterocycles. The number of ether oxygens (including phenoxy) is 1. The van der Waals surface area contributed by atoms with Crippen LogP contribution in [-0.4, -0.2) is 30.7 Å². The highest BCUT2D eigenvalue weighted by Crippen LogP contribution is 2.27. The van der Waals surface area contributed by atoms with Crippen molar-refractivity contribution < 1.29 is 4.74 Å². The van der Waals surface area contributed by atoms with E-state index in [1.807, 2.05) is 26.1 Å². The van der Waals surface area contributed by atoms with Gasteiger partial charge < -0.3 is 15.0 Å². The number of benzene rings is 1. The lowest BCUT2D eigenvalue weighted by atomic mass is 9.99. The molecule has 0 aliphatic carbocycles. The van der Waals surface area contributed by atoms with Crippen molar-refractivity contribution in [2.75, 3.05) is 30.9 Å². The highest BCUT2D eigenvalue weighted by molar-refractivity contribution is 5.51. The van der Waals surface area contributed by atoms with E-state index in [9.17, 15) is 0 Å². The van der Waals surface area contributed by atoms with Crippen molar-refractivity contribution in [1.29, 1.82) is 0 Å². The van der Waals surface area contributed by atoms with Gasteiger partial charge in [0, 0.05) is 26.2 Å². The van der Waals surface area contributed by atoms with Gasteiger partial charge in [0.15, 0.2) is 0 Å². The Kier molecular flexibility index (Phi) is 3.64. The summed E-state index contributed by atoms with van der Waals surface area (Å²) in [5.41, 5.74) is 2.70. The third kappa shape index (κ3) is 2.77. The Morgan fingerprint density at radius 2 is 2.05 bits per heavy atom. The summed E-state index contributed by atoms with van der Waals surface area (Å²) in [4.78, 5) is 11.2. The van der Waals surface area contributed by atoms with Crippen LogP contribution in [0.3, 0.4) is 0 Å². The molecule has 0 fully saturated rings. The molecule has 0 spiro atoms. The van der Waals surface area contributed by atoms with Crippen molar-refractivity contribution >= 4 is 11.6 Å². The van der Waals surface area contributed by atoms with Crippen LogP contribution in [0.2, 0.25) is 0 Å². The Balaban J connectivity index is 1.87. The van der Waals surface area contributed by atoms with Gasteiger partial charge in [0.25, 0.3) is 0 Å². The number of hydrogen-bond acceptors (Lipinski definition) is 5. The van der Waals surface area contributed by atoms with Crippen LogP contribution in [0.5, 0.6) is 5.75 Å². The molecular formula is C16H20N4O. The maximum Gasteiger partial charge on any atom is 0.134 e. The summed E-state index contributed by atoms with van der Waals surface area (Å²) in [6, 6.07) is 8.30. The average molecular weight is 284 g/mol. The van der Waals surface area contributed by atoms with Crippen LogP contribution in [0.1, 0.15) is 17.0 Å². The first-order chi connectivity index (χ1) is 10.2. The van der Waals surface area contributed by atoms with E-state index in [2.05, 4.69) is 32.3 Å². The van der Waals surface area contributed by atoms with Crippen LogP contribution in [0.25, 0.3) is 0 Å². The van der Waals surface area contributed by atoms with Crippen LogP contribution >= 0.6 is 0 Å². The van der Waals surface area contributed by atoms with Crippen molar-refractivity contribution in [1.82, 2.24) is 9.97 Å². The Morgan fingerprint density at radius 1 is 1.19 bits per heavy atom. The van der Waals surface area contributed by atoms with Crippen molar-refractivity contribution in [3.63, 3.8) is 0 Å². The normalized spacial score (nSPS) is 13.8. The third-order valence-corrected chi connectivity index (χ3v) is 3.83. The fourth-order valence-corrected chi connectivity index (χ4v) is 2.69. The molecule has 2 aromatic rings. The molecule has 21 heavy (non-hydrogen) atoms. The number of aryl methyl sites for hydroxylation is 1. The van der Waals surface area contributed by atoms with Crippen LogP contribution in [0.4, 0.5) is 11.6 Å². The highest BCUT2D eigenvalue weighted by Gasteiger charge is 2.18. The molecule has 3 rings (SSSR count). The number of aromatic nitrogens is 2. The van der Waals surface area contributed by atoms with E-state index in [1.54, 1.807) is 7.11 Å². The second-order valence-electron chi connectivity index (χ2n) is 5.21. The van der Waals surface area contributed by atoms with Crippen LogP contribution in [0.15, 0.2) is 24.3 Å². The minimum absolute atomic E-state index is 0.789. The van der Waals surface area contributed by atoms with Gasteiger partial charge in [-0.15, -0.1) is 0 Å². The molecule has 1 aromatic carbocycles. The quantitative estimate of drug-likeness (QED) is 0.938. The average Bonchev–Trinajstić information content (AvgIpc) is 2.53. The Labute approximate surface area is 125 Å². The van der Waals surface area contributed by atoms with Crippen molar-refractivity contribution in [3.8, 4) is 5.75 Å². The number of nitrogens with one attached hydrogen (secondary N) is 1. The van der Waals surface area contributed by atoms with Crippen molar-refractivity contribution in [3.05, 3.63) is 41.2 Å². The molecular weight excluding hydrogens is 264 g/mol. The maximum atomic E-state index is 5.30. The van der Waals surface area contributed by atoms with Gasteiger partial charge in [-0.25, -0.2) is 9.97 Å². The molecule has 0 saturated heterocycles. The number of anilines is 2. The third-order valence-electron chi connectivity index (χ3n) is 3.83. The zero-order valence-corrected chi connectivity index (χ0v) is 12.7. The van der Waals surface area contributed by atoms with E-state index in [-0.39, 0.29) is 0 Å². The molecule has 0 radical (unpaired) electrons. The number of hydrogen-bond donors (Lipinski definition) is 1. The molecule has 1 aromatic heterocycles. The first-order valence-corrected chi connectivity index (χ1v) is 7.14. The first-order valence-electron chi connectivity index (χ1n) is 7.14. The predicted octanol–water partition coefficient (Wildman–Crippen LogP) is 2.40. The summed E-state index contributed by atoms with van der Waals surface area (Å²) in [7, 11) is 3.59. The standard InChI is InChI=1S/C16H20N4O/c1-11-18-15(17-2)9-16(19-11)20-7-6-12-8-14(21-3)5-4-13(12)10-20/h4-5,8-9H,6-7,10H2,1-3H3,(H,17,18,19). The second kappa shape index (κ2) is 5.60. The van der Waals surface area contributed by atoms with E-state index in [4.69, 9.17) is 4.74 Å². The largest absolute Gasteiger partial charge is 0.497 e. The molecule has 5 heteroatoms. The van der Waals surface area contributed by atoms with Gasteiger partial charge >= 0.3 is 0 Å². The topological polar surface area (TPSA) is 50.3 Å². The molecule has 0 unspecified atom stereocenters. The summed E-state index contributed by atoms with van der Waals surface area (Å²) in [5, 5.41) is 3.09. The SMILES string of the molecule is CNc1cc(N2CCc3cc(OC)ccc3C2)nc(C)n1. The van der Waals surface area contributed by atoms with Gasteiger partial charge in [0.2, 0.25) is 0 Å². The van der Waals surface area contributed by atoms with Gasteiger partial charge in [-0.3, -0.25) is 0 Å². The molecule has 0 atom stereocenters. The fraction of sp³-hybridized carbons (Fsp3) is 0.375. The minimum atomic E-state index is 0.789. The van der Waals surface area contributed by atoms with E-state index in [0.717, 1.165) is 42.7 Å². The Morgan fingerprint density at radius 3 is 2.81 bits per heavy atom. The molecule has 110 valence electrons. The highest BCUT2D eigenvalue weighted by atomic mass is 16.5. The summed E-state index contributed by atoms with van der Waals surface area (Å²) >= 11 is 0. The number of nitrogens with zero attached hydrogens (tertiary/aromatic N) is 3. The Bertz CT molecular complexity index is 657. The smallest absolute Gasteiger partial charge is 0.134 e. The Hall–Kier alpha value is -2.30. The predicted molar refractivity (Wildman–Crippen MR) is 84.1 cm³/mol. The summed E-state index contributed by atoms with van der Waals surface area (Å²) in [5.74, 6) is 3.56. The van der Waals surface area contributed by atoms with Gasteiger partial charge in [-0.1, -0.05) is 6.07 Å². The minimum Gasteiger partial charge on any atom is -0.497 e. The number of fused-ring (bicyclic) bond motifs is 1. The first kappa shape index (κ1) is 13.7. The lowest BCUT2D eigenvalue weighted by molar-refractivity contribution is 0.413. The second-order valence-corrected chi connectivity index (χ2v) is 5.21. The molecule has 0 bridgehead atoms.